The van der Waals surface area contributed by atoms with E-state index in [-0.39, 0.29) is 0 Å². The van der Waals surface area contributed by atoms with Crippen LogP contribution in [-0.4, -0.2) is 26.4 Å². The van der Waals surface area contributed by atoms with Crippen LogP contribution in [-0.2, 0) is 14.8 Å². The second kappa shape index (κ2) is 6.56. The lowest BCUT2D eigenvalue weighted by Gasteiger charge is -2.26. The van der Waals surface area contributed by atoms with Crippen molar-refractivity contribution in [2.75, 3.05) is 6.54 Å². The van der Waals surface area contributed by atoms with Gasteiger partial charge in [0.25, 0.3) is 0 Å². The zero-order valence-electron chi connectivity index (χ0n) is 12.4. The Bertz CT molecular complexity index is 521. The van der Waals surface area contributed by atoms with Crippen molar-refractivity contribution in [3.63, 3.8) is 0 Å². The zero-order chi connectivity index (χ0) is 15.4. The Kier molecular flexibility index (Phi) is 5.56. The van der Waals surface area contributed by atoms with Gasteiger partial charge in [-0.3, -0.25) is 0 Å². The number of hydrogen-bond donors (Lipinski definition) is 2. The Morgan fingerprint density at radius 3 is 2.30 bits per heavy atom. The highest BCUT2D eigenvalue weighted by Gasteiger charge is 2.35. The van der Waals surface area contributed by atoms with Gasteiger partial charge in [0.1, 0.15) is 10.5 Å². The molecule has 0 saturated carbocycles. The molecule has 1 aromatic rings. The molecular formula is C14H23NO4S. The zero-order valence-corrected chi connectivity index (χ0v) is 13.2. The molecule has 0 aromatic heterocycles. The third-order valence-electron chi connectivity index (χ3n) is 3.07. The van der Waals surface area contributed by atoms with E-state index in [1.54, 1.807) is 38.1 Å². The van der Waals surface area contributed by atoms with E-state index in [0.29, 0.717) is 17.9 Å². The van der Waals surface area contributed by atoms with Crippen LogP contribution in [0.5, 0.6) is 5.75 Å². The van der Waals surface area contributed by atoms with Gasteiger partial charge in [-0.25, -0.2) is 13.1 Å². The van der Waals surface area contributed by atoms with E-state index in [1.807, 2.05) is 6.92 Å². The van der Waals surface area contributed by atoms with Crippen LogP contribution in [0.15, 0.2) is 24.3 Å². The summed E-state index contributed by atoms with van der Waals surface area (Å²) < 4.78 is 31.3. The van der Waals surface area contributed by atoms with Crippen molar-refractivity contribution in [2.45, 2.75) is 45.2 Å². The Labute approximate surface area is 121 Å². The number of hydrogen-bond acceptors (Lipinski definition) is 4. The number of sulfonamides is 1. The molecule has 1 atom stereocenters. The summed E-state index contributed by atoms with van der Waals surface area (Å²) in [5.74, 6) is 0.499. The summed E-state index contributed by atoms with van der Waals surface area (Å²) in [7, 11) is -3.45. The van der Waals surface area contributed by atoms with E-state index in [2.05, 4.69) is 4.72 Å². The molecule has 0 radical (unpaired) electrons. The molecule has 20 heavy (non-hydrogen) atoms. The first-order valence-electron chi connectivity index (χ1n) is 6.65. The second-order valence-corrected chi connectivity index (χ2v) is 7.47. The summed E-state index contributed by atoms with van der Waals surface area (Å²) in [5, 5.41) is 9.13. The summed E-state index contributed by atoms with van der Waals surface area (Å²) in [6.07, 6.45) is -0.153. The van der Waals surface area contributed by atoms with Gasteiger partial charge in [0.2, 0.25) is 10.0 Å². The summed E-state index contributed by atoms with van der Waals surface area (Å²) >= 11 is 0. The fourth-order valence-corrected chi connectivity index (χ4v) is 2.98. The first kappa shape index (κ1) is 16.9. The van der Waals surface area contributed by atoms with E-state index in [9.17, 15) is 8.42 Å². The molecule has 0 heterocycles. The smallest absolute Gasteiger partial charge is 0.221 e. The molecule has 1 unspecified atom stereocenters. The molecule has 1 aromatic carbocycles. The van der Waals surface area contributed by atoms with Gasteiger partial charge in [-0.2, -0.15) is 0 Å². The quantitative estimate of drug-likeness (QED) is 0.755. The molecule has 0 aliphatic rings. The van der Waals surface area contributed by atoms with Crippen molar-refractivity contribution >= 4 is 10.0 Å². The lowest BCUT2D eigenvalue weighted by Crippen LogP contribution is -2.39. The molecule has 0 amide bonds. The normalized spacial score (nSPS) is 14.1. The van der Waals surface area contributed by atoms with Gasteiger partial charge in [0.15, 0.2) is 6.29 Å². The molecule has 5 nitrogen and oxygen atoms in total. The predicted molar refractivity (Wildman–Crippen MR) is 79.0 cm³/mol. The van der Waals surface area contributed by atoms with Gasteiger partial charge in [0, 0.05) is 6.54 Å². The van der Waals surface area contributed by atoms with Gasteiger partial charge in [0.05, 0.1) is 0 Å². The highest BCUT2D eigenvalue weighted by molar-refractivity contribution is 7.90. The van der Waals surface area contributed by atoms with E-state index < -0.39 is 21.1 Å². The van der Waals surface area contributed by atoms with Crippen molar-refractivity contribution in [3.05, 3.63) is 29.8 Å². The molecule has 0 spiro atoms. The standard InChI is InChI=1S/C14H23NO4S/c1-5-10-15-20(17,18)14(3,4)12-6-8-13(9-7-12)19-11(2)16/h6-9,11,15-16H,5,10H2,1-4H3. The number of aliphatic hydroxyl groups is 1. The molecule has 0 aliphatic carbocycles. The molecule has 0 saturated heterocycles. The molecule has 114 valence electrons. The van der Waals surface area contributed by atoms with Crippen LogP contribution in [0.4, 0.5) is 0 Å². The predicted octanol–water partition coefficient (Wildman–Crippen LogP) is 1.97. The Morgan fingerprint density at radius 2 is 1.85 bits per heavy atom. The van der Waals surface area contributed by atoms with E-state index in [1.165, 1.54) is 6.92 Å². The van der Waals surface area contributed by atoms with Crippen LogP contribution < -0.4 is 9.46 Å². The minimum absolute atomic E-state index is 0.426. The number of benzene rings is 1. The summed E-state index contributed by atoms with van der Waals surface area (Å²) in [4.78, 5) is 0. The van der Waals surface area contributed by atoms with Crippen LogP contribution in [0.3, 0.4) is 0 Å². The Morgan fingerprint density at radius 1 is 1.30 bits per heavy atom. The SMILES string of the molecule is CCCNS(=O)(=O)C(C)(C)c1ccc(OC(C)O)cc1. The molecule has 2 N–H and O–H groups in total. The lowest BCUT2D eigenvalue weighted by molar-refractivity contribution is -0.000309. The third-order valence-corrected chi connectivity index (χ3v) is 5.23. The average molecular weight is 301 g/mol. The fourth-order valence-electron chi connectivity index (χ4n) is 1.70. The van der Waals surface area contributed by atoms with Crippen LogP contribution >= 0.6 is 0 Å². The van der Waals surface area contributed by atoms with Crippen LogP contribution in [0.1, 0.15) is 39.7 Å². The van der Waals surface area contributed by atoms with Crippen molar-refractivity contribution < 1.29 is 18.3 Å². The lowest BCUT2D eigenvalue weighted by atomic mass is 10.0. The first-order valence-corrected chi connectivity index (χ1v) is 8.13. The van der Waals surface area contributed by atoms with Crippen LogP contribution in [0.2, 0.25) is 0 Å². The molecule has 0 bridgehead atoms. The fraction of sp³-hybridized carbons (Fsp3) is 0.571. The summed E-state index contributed by atoms with van der Waals surface area (Å²) in [6.45, 7) is 7.18. The average Bonchev–Trinajstić information content (AvgIpc) is 2.36. The number of aliphatic hydroxyl groups excluding tert-OH is 1. The van der Waals surface area contributed by atoms with Gasteiger partial charge < -0.3 is 9.84 Å². The maximum atomic E-state index is 12.3. The van der Waals surface area contributed by atoms with Gasteiger partial charge in [-0.05, 0) is 44.9 Å². The van der Waals surface area contributed by atoms with Crippen LogP contribution in [0, 0.1) is 0 Å². The highest BCUT2D eigenvalue weighted by Crippen LogP contribution is 2.30. The molecule has 1 rings (SSSR count). The largest absolute Gasteiger partial charge is 0.465 e. The summed E-state index contributed by atoms with van der Waals surface area (Å²) in [6, 6.07) is 6.70. The molecule has 6 heteroatoms. The van der Waals surface area contributed by atoms with Crippen molar-refractivity contribution in [2.24, 2.45) is 0 Å². The highest BCUT2D eigenvalue weighted by atomic mass is 32.2. The van der Waals surface area contributed by atoms with E-state index >= 15 is 0 Å². The van der Waals surface area contributed by atoms with Crippen molar-refractivity contribution in [1.82, 2.24) is 4.72 Å². The first-order chi connectivity index (χ1) is 9.20. The Balaban J connectivity index is 2.97. The van der Waals surface area contributed by atoms with Crippen LogP contribution in [0.25, 0.3) is 0 Å². The topological polar surface area (TPSA) is 75.6 Å². The van der Waals surface area contributed by atoms with Gasteiger partial charge in [-0.15, -0.1) is 0 Å². The number of ether oxygens (including phenoxy) is 1. The van der Waals surface area contributed by atoms with Gasteiger partial charge in [-0.1, -0.05) is 19.1 Å². The number of rotatable bonds is 7. The Hall–Kier alpha value is -1.11. The van der Waals surface area contributed by atoms with E-state index in [4.69, 9.17) is 9.84 Å². The molecule has 0 fully saturated rings. The molecular weight excluding hydrogens is 278 g/mol. The van der Waals surface area contributed by atoms with E-state index in [0.717, 1.165) is 6.42 Å². The van der Waals surface area contributed by atoms with Crippen molar-refractivity contribution in [1.29, 1.82) is 0 Å². The molecule has 0 aliphatic heterocycles. The monoisotopic (exact) mass is 301 g/mol. The number of nitrogens with one attached hydrogen (secondary N) is 1. The van der Waals surface area contributed by atoms with Crippen molar-refractivity contribution in [3.8, 4) is 5.75 Å². The maximum absolute atomic E-state index is 12.3. The third kappa shape index (κ3) is 3.94. The maximum Gasteiger partial charge on any atom is 0.221 e. The summed E-state index contributed by atoms with van der Waals surface area (Å²) in [5.41, 5.74) is 0.666. The second-order valence-electron chi connectivity index (χ2n) is 5.15. The minimum Gasteiger partial charge on any atom is -0.465 e. The van der Waals surface area contributed by atoms with Gasteiger partial charge >= 0.3 is 0 Å². The minimum atomic E-state index is -3.45.